The summed E-state index contributed by atoms with van der Waals surface area (Å²) in [6.45, 7) is 0. The van der Waals surface area contributed by atoms with E-state index in [1.807, 2.05) is 0 Å². The summed E-state index contributed by atoms with van der Waals surface area (Å²) in [6.07, 6.45) is 0. The third kappa shape index (κ3) is 4.73. The van der Waals surface area contributed by atoms with Gasteiger partial charge in [0.15, 0.2) is 0 Å². The summed E-state index contributed by atoms with van der Waals surface area (Å²) in [4.78, 5) is 2.40. The van der Waals surface area contributed by atoms with Crippen molar-refractivity contribution in [2.75, 3.05) is 4.90 Å². The van der Waals surface area contributed by atoms with Gasteiger partial charge in [-0.2, -0.15) is 0 Å². The SMILES string of the molecule is c1ccc(-c2cccc(N(c3ccc4c(ccc5ccccc54)c3)c3ccccc3-c3ccc4oc5cc6ccccc6cc5c4c3)c2)cc1. The van der Waals surface area contributed by atoms with Gasteiger partial charge in [0.05, 0.1) is 5.69 Å². The molecule has 0 saturated heterocycles. The second kappa shape index (κ2) is 11.5. The summed E-state index contributed by atoms with van der Waals surface area (Å²) in [5.74, 6) is 0. The number of anilines is 3. The van der Waals surface area contributed by atoms with Crippen molar-refractivity contribution >= 4 is 71.3 Å². The average molecular weight is 638 g/mol. The summed E-state index contributed by atoms with van der Waals surface area (Å²) < 4.78 is 6.38. The van der Waals surface area contributed by atoms with Crippen molar-refractivity contribution < 1.29 is 4.42 Å². The third-order valence-electron chi connectivity index (χ3n) is 9.99. The van der Waals surface area contributed by atoms with Gasteiger partial charge in [-0.25, -0.2) is 0 Å². The summed E-state index contributed by atoms with van der Waals surface area (Å²) in [6, 6.07) is 67.7. The quantitative estimate of drug-likeness (QED) is 0.175. The molecule has 0 atom stereocenters. The Labute approximate surface area is 290 Å². The molecule has 0 N–H and O–H groups in total. The molecule has 0 saturated carbocycles. The second-order valence-electron chi connectivity index (χ2n) is 13.0. The van der Waals surface area contributed by atoms with Gasteiger partial charge in [-0.05, 0) is 104 Å². The number of rotatable bonds is 5. The Morgan fingerprint density at radius 1 is 0.320 bits per heavy atom. The van der Waals surface area contributed by atoms with Crippen LogP contribution in [0.2, 0.25) is 0 Å². The number of hydrogen-bond acceptors (Lipinski definition) is 2. The number of benzene rings is 9. The lowest BCUT2D eigenvalue weighted by atomic mass is 9.98. The van der Waals surface area contributed by atoms with Crippen LogP contribution in [0.1, 0.15) is 0 Å². The molecule has 0 spiro atoms. The van der Waals surface area contributed by atoms with E-state index in [4.69, 9.17) is 4.42 Å². The minimum Gasteiger partial charge on any atom is -0.456 e. The molecule has 0 radical (unpaired) electrons. The Kier molecular flexibility index (Phi) is 6.53. The van der Waals surface area contributed by atoms with Crippen LogP contribution in [-0.2, 0) is 0 Å². The van der Waals surface area contributed by atoms with Gasteiger partial charge in [0.1, 0.15) is 11.2 Å². The normalized spacial score (nSPS) is 11.6. The standard InChI is InChI=1S/C48H31NO/c1-2-11-32(12-3-1)34-16-10-17-39(27-34)49(40-24-25-42-37(28-40)22-21-33-13-6-7-18-41(33)42)46-20-9-8-19-43(46)38-23-26-47-44(30-38)45-29-35-14-4-5-15-36(35)31-48(45)50-47/h1-31H. The van der Waals surface area contributed by atoms with Crippen LogP contribution in [0, 0.1) is 0 Å². The fourth-order valence-corrected chi connectivity index (χ4v) is 7.56. The summed E-state index contributed by atoms with van der Waals surface area (Å²) in [5.41, 5.74) is 9.77. The maximum absolute atomic E-state index is 6.38. The molecule has 10 aromatic rings. The van der Waals surface area contributed by atoms with E-state index in [1.54, 1.807) is 0 Å². The van der Waals surface area contributed by atoms with Crippen LogP contribution in [0.3, 0.4) is 0 Å². The van der Waals surface area contributed by atoms with Crippen molar-refractivity contribution in [1.82, 2.24) is 0 Å². The van der Waals surface area contributed by atoms with E-state index in [0.29, 0.717) is 0 Å². The van der Waals surface area contributed by atoms with Crippen LogP contribution in [0.5, 0.6) is 0 Å². The number of nitrogens with zero attached hydrogens (tertiary/aromatic N) is 1. The van der Waals surface area contributed by atoms with Crippen molar-refractivity contribution in [3.63, 3.8) is 0 Å². The van der Waals surface area contributed by atoms with E-state index in [1.165, 1.54) is 43.4 Å². The molecule has 50 heavy (non-hydrogen) atoms. The number of furan rings is 1. The average Bonchev–Trinajstić information content (AvgIpc) is 3.54. The van der Waals surface area contributed by atoms with Gasteiger partial charge in [-0.1, -0.05) is 133 Å². The Balaban J connectivity index is 1.18. The first-order valence-electron chi connectivity index (χ1n) is 17.1. The smallest absolute Gasteiger partial charge is 0.136 e. The minimum atomic E-state index is 0.894. The van der Waals surface area contributed by atoms with E-state index in [-0.39, 0.29) is 0 Å². The Hall–Kier alpha value is -6.64. The lowest BCUT2D eigenvalue weighted by Gasteiger charge is -2.28. The number of fused-ring (bicyclic) bond motifs is 7. The lowest BCUT2D eigenvalue weighted by Crippen LogP contribution is -2.11. The lowest BCUT2D eigenvalue weighted by molar-refractivity contribution is 0.669. The van der Waals surface area contributed by atoms with E-state index in [0.717, 1.165) is 50.1 Å². The van der Waals surface area contributed by atoms with Crippen molar-refractivity contribution in [1.29, 1.82) is 0 Å². The van der Waals surface area contributed by atoms with Gasteiger partial charge in [0.25, 0.3) is 0 Å². The molecule has 0 aliphatic rings. The highest BCUT2D eigenvalue weighted by atomic mass is 16.3. The first-order chi connectivity index (χ1) is 24.8. The van der Waals surface area contributed by atoms with Crippen molar-refractivity contribution in [3.05, 3.63) is 188 Å². The molecule has 0 aliphatic carbocycles. The van der Waals surface area contributed by atoms with Gasteiger partial charge in [0, 0.05) is 27.7 Å². The zero-order chi connectivity index (χ0) is 33.0. The van der Waals surface area contributed by atoms with Gasteiger partial charge in [-0.3, -0.25) is 0 Å². The van der Waals surface area contributed by atoms with Crippen molar-refractivity contribution in [2.24, 2.45) is 0 Å². The van der Waals surface area contributed by atoms with E-state index in [2.05, 4.69) is 193 Å². The van der Waals surface area contributed by atoms with E-state index in [9.17, 15) is 0 Å². The van der Waals surface area contributed by atoms with E-state index >= 15 is 0 Å². The molecular weight excluding hydrogens is 607 g/mol. The molecule has 2 heteroatoms. The Bertz CT molecular complexity index is 2880. The van der Waals surface area contributed by atoms with Crippen LogP contribution in [0.4, 0.5) is 17.1 Å². The van der Waals surface area contributed by atoms with Crippen LogP contribution in [0.15, 0.2) is 192 Å². The molecule has 2 nitrogen and oxygen atoms in total. The van der Waals surface area contributed by atoms with Gasteiger partial charge in [-0.15, -0.1) is 0 Å². The van der Waals surface area contributed by atoms with Crippen LogP contribution in [-0.4, -0.2) is 0 Å². The fraction of sp³-hybridized carbons (Fsp3) is 0. The summed E-state index contributed by atoms with van der Waals surface area (Å²) >= 11 is 0. The predicted molar refractivity (Wildman–Crippen MR) is 212 cm³/mol. The summed E-state index contributed by atoms with van der Waals surface area (Å²) in [7, 11) is 0. The van der Waals surface area contributed by atoms with Crippen LogP contribution < -0.4 is 4.90 Å². The zero-order valence-corrected chi connectivity index (χ0v) is 27.3. The fourth-order valence-electron chi connectivity index (χ4n) is 7.56. The van der Waals surface area contributed by atoms with Crippen molar-refractivity contribution in [2.45, 2.75) is 0 Å². The molecule has 9 aromatic carbocycles. The highest BCUT2D eigenvalue weighted by Gasteiger charge is 2.19. The highest BCUT2D eigenvalue weighted by Crippen LogP contribution is 2.44. The molecule has 10 rings (SSSR count). The van der Waals surface area contributed by atoms with Crippen molar-refractivity contribution in [3.8, 4) is 22.3 Å². The maximum atomic E-state index is 6.38. The van der Waals surface area contributed by atoms with Crippen LogP contribution in [0.25, 0.3) is 76.5 Å². The predicted octanol–water partition coefficient (Wildman–Crippen LogP) is 13.8. The molecule has 234 valence electrons. The first kappa shape index (κ1) is 28.4. The molecular formula is C48H31NO. The molecule has 1 aromatic heterocycles. The van der Waals surface area contributed by atoms with E-state index < -0.39 is 0 Å². The maximum Gasteiger partial charge on any atom is 0.136 e. The number of para-hydroxylation sites is 1. The monoisotopic (exact) mass is 637 g/mol. The summed E-state index contributed by atoms with van der Waals surface area (Å²) in [5, 5.41) is 9.62. The molecule has 1 heterocycles. The Morgan fingerprint density at radius 2 is 1.00 bits per heavy atom. The molecule has 0 fully saturated rings. The van der Waals surface area contributed by atoms with Gasteiger partial charge < -0.3 is 9.32 Å². The third-order valence-corrected chi connectivity index (χ3v) is 9.99. The molecule has 0 amide bonds. The Morgan fingerprint density at radius 3 is 1.90 bits per heavy atom. The van der Waals surface area contributed by atoms with Gasteiger partial charge >= 0.3 is 0 Å². The largest absolute Gasteiger partial charge is 0.456 e. The minimum absolute atomic E-state index is 0.894. The highest BCUT2D eigenvalue weighted by molar-refractivity contribution is 6.12. The molecule has 0 bridgehead atoms. The molecule has 0 aliphatic heterocycles. The second-order valence-corrected chi connectivity index (χ2v) is 13.0. The number of hydrogen-bond donors (Lipinski definition) is 0. The molecule has 0 unspecified atom stereocenters. The topological polar surface area (TPSA) is 16.4 Å². The van der Waals surface area contributed by atoms with Gasteiger partial charge in [0.2, 0.25) is 0 Å². The first-order valence-corrected chi connectivity index (χ1v) is 17.1. The zero-order valence-electron chi connectivity index (χ0n) is 27.3. The van der Waals surface area contributed by atoms with Crippen LogP contribution >= 0.6 is 0 Å².